The van der Waals surface area contributed by atoms with Crippen molar-refractivity contribution in [3.8, 4) is 6.07 Å². The summed E-state index contributed by atoms with van der Waals surface area (Å²) >= 11 is 6.52. The number of rotatable bonds is 2. The van der Waals surface area contributed by atoms with Crippen LogP contribution in [-0.4, -0.2) is 46.5 Å². The SMILES string of the molecule is Cn1c(C(=O)N2CCN(c3ncccc3C#N)CC2)c(Cl)c2ccccc21. The topological polar surface area (TPSA) is 65.2 Å². The Labute approximate surface area is 162 Å². The smallest absolute Gasteiger partial charge is 0.272 e. The number of hydrogen-bond acceptors (Lipinski definition) is 4. The van der Waals surface area contributed by atoms with Crippen molar-refractivity contribution in [3.05, 3.63) is 58.9 Å². The second-order valence-electron chi connectivity index (χ2n) is 6.50. The Hall–Kier alpha value is -3.04. The Morgan fingerprint density at radius 2 is 1.89 bits per heavy atom. The minimum atomic E-state index is -0.0696. The van der Waals surface area contributed by atoms with E-state index in [1.54, 1.807) is 18.3 Å². The average Bonchev–Trinajstić information content (AvgIpc) is 2.98. The maximum absolute atomic E-state index is 13.1. The Balaban J connectivity index is 1.56. The van der Waals surface area contributed by atoms with E-state index >= 15 is 0 Å². The van der Waals surface area contributed by atoms with Gasteiger partial charge < -0.3 is 14.4 Å². The lowest BCUT2D eigenvalue weighted by Gasteiger charge is -2.35. The predicted molar refractivity (Wildman–Crippen MR) is 105 cm³/mol. The highest BCUT2D eigenvalue weighted by atomic mass is 35.5. The first kappa shape index (κ1) is 17.4. The molecule has 1 saturated heterocycles. The van der Waals surface area contributed by atoms with Crippen LogP contribution < -0.4 is 4.90 Å². The number of pyridine rings is 1. The average molecular weight is 380 g/mol. The van der Waals surface area contributed by atoms with Gasteiger partial charge in [0.1, 0.15) is 17.6 Å². The van der Waals surface area contributed by atoms with Crippen molar-refractivity contribution in [3.63, 3.8) is 0 Å². The molecule has 6 nitrogen and oxygen atoms in total. The van der Waals surface area contributed by atoms with E-state index in [-0.39, 0.29) is 5.91 Å². The molecule has 1 aliphatic heterocycles. The van der Waals surface area contributed by atoms with Crippen LogP contribution in [0.15, 0.2) is 42.6 Å². The molecule has 1 fully saturated rings. The molecule has 3 aromatic rings. The molecule has 2 aromatic heterocycles. The summed E-state index contributed by atoms with van der Waals surface area (Å²) in [5.74, 6) is 0.606. The number of nitrogens with zero attached hydrogens (tertiary/aromatic N) is 5. The van der Waals surface area contributed by atoms with Crippen LogP contribution in [0.25, 0.3) is 10.9 Å². The van der Waals surface area contributed by atoms with Gasteiger partial charge in [0.25, 0.3) is 5.91 Å². The molecule has 1 aliphatic rings. The molecule has 1 aromatic carbocycles. The molecule has 27 heavy (non-hydrogen) atoms. The number of fused-ring (bicyclic) bond motifs is 1. The van der Waals surface area contributed by atoms with E-state index in [0.717, 1.165) is 10.9 Å². The van der Waals surface area contributed by atoms with Crippen molar-refractivity contribution in [2.75, 3.05) is 31.1 Å². The highest BCUT2D eigenvalue weighted by Gasteiger charge is 2.28. The van der Waals surface area contributed by atoms with Gasteiger partial charge in [-0.25, -0.2) is 4.98 Å². The number of piperazine rings is 1. The van der Waals surface area contributed by atoms with Gasteiger partial charge >= 0.3 is 0 Å². The molecule has 0 atom stereocenters. The fraction of sp³-hybridized carbons (Fsp3) is 0.250. The molecule has 7 heteroatoms. The largest absolute Gasteiger partial charge is 0.352 e. The summed E-state index contributed by atoms with van der Waals surface area (Å²) in [7, 11) is 1.87. The molecule has 1 amide bonds. The van der Waals surface area contributed by atoms with E-state index in [2.05, 4.69) is 11.1 Å². The second-order valence-corrected chi connectivity index (χ2v) is 6.88. The highest BCUT2D eigenvalue weighted by molar-refractivity contribution is 6.38. The zero-order valence-corrected chi connectivity index (χ0v) is 15.6. The highest BCUT2D eigenvalue weighted by Crippen LogP contribution is 2.31. The Bertz CT molecular complexity index is 1020. The number of aromatic nitrogens is 2. The molecule has 0 bridgehead atoms. The van der Waals surface area contributed by atoms with Crippen molar-refractivity contribution in [1.29, 1.82) is 5.26 Å². The van der Waals surface area contributed by atoms with Crippen molar-refractivity contribution in [2.45, 2.75) is 0 Å². The minimum absolute atomic E-state index is 0.0696. The van der Waals surface area contributed by atoms with Gasteiger partial charge in [0.05, 0.1) is 10.6 Å². The van der Waals surface area contributed by atoms with E-state index in [1.165, 1.54) is 0 Å². The summed E-state index contributed by atoms with van der Waals surface area (Å²) < 4.78 is 1.86. The van der Waals surface area contributed by atoms with Crippen molar-refractivity contribution >= 4 is 34.2 Å². The van der Waals surface area contributed by atoms with Crippen LogP contribution in [0.3, 0.4) is 0 Å². The first-order chi connectivity index (χ1) is 13.1. The second kappa shape index (κ2) is 6.93. The fourth-order valence-corrected chi connectivity index (χ4v) is 3.96. The van der Waals surface area contributed by atoms with E-state index in [9.17, 15) is 10.1 Å². The summed E-state index contributed by atoms with van der Waals surface area (Å²) in [6.45, 7) is 2.36. The maximum atomic E-state index is 13.1. The molecular weight excluding hydrogens is 362 g/mol. The first-order valence-electron chi connectivity index (χ1n) is 8.74. The molecule has 0 aliphatic carbocycles. The predicted octanol–water partition coefficient (Wildman–Crippen LogP) is 3.06. The van der Waals surface area contributed by atoms with Gasteiger partial charge in [0.15, 0.2) is 0 Å². The van der Waals surface area contributed by atoms with Gasteiger partial charge in [-0.3, -0.25) is 4.79 Å². The summed E-state index contributed by atoms with van der Waals surface area (Å²) in [6.07, 6.45) is 1.68. The number of hydrogen-bond donors (Lipinski definition) is 0. The Morgan fingerprint density at radius 1 is 1.15 bits per heavy atom. The number of nitriles is 1. The molecule has 4 rings (SSSR count). The maximum Gasteiger partial charge on any atom is 0.272 e. The van der Waals surface area contributed by atoms with Gasteiger partial charge in [-0.1, -0.05) is 29.8 Å². The third-order valence-corrected chi connectivity index (χ3v) is 5.40. The molecule has 3 heterocycles. The van der Waals surface area contributed by atoms with E-state index in [1.807, 2.05) is 45.7 Å². The minimum Gasteiger partial charge on any atom is -0.352 e. The summed E-state index contributed by atoms with van der Waals surface area (Å²) in [6, 6.07) is 13.4. The van der Waals surface area contributed by atoms with Crippen LogP contribution in [0.4, 0.5) is 5.82 Å². The van der Waals surface area contributed by atoms with Crippen molar-refractivity contribution < 1.29 is 4.79 Å². The number of anilines is 1. The lowest BCUT2D eigenvalue weighted by molar-refractivity contribution is 0.0737. The van der Waals surface area contributed by atoms with Gasteiger partial charge in [-0.05, 0) is 18.2 Å². The van der Waals surface area contributed by atoms with Crippen LogP contribution in [0.1, 0.15) is 16.1 Å². The molecule has 0 saturated carbocycles. The normalized spacial score (nSPS) is 14.4. The quantitative estimate of drug-likeness (QED) is 0.686. The Kier molecular flexibility index (Phi) is 4.46. The first-order valence-corrected chi connectivity index (χ1v) is 9.12. The van der Waals surface area contributed by atoms with Gasteiger partial charge in [0, 0.05) is 50.3 Å². The van der Waals surface area contributed by atoms with Crippen LogP contribution >= 0.6 is 11.6 Å². The number of para-hydroxylation sites is 1. The third kappa shape index (κ3) is 2.90. The molecular formula is C20H18ClN5O. The van der Waals surface area contributed by atoms with E-state index in [0.29, 0.717) is 48.3 Å². The zero-order chi connectivity index (χ0) is 19.0. The number of halogens is 1. The van der Waals surface area contributed by atoms with Crippen LogP contribution in [-0.2, 0) is 7.05 Å². The van der Waals surface area contributed by atoms with Crippen molar-refractivity contribution in [1.82, 2.24) is 14.5 Å². The summed E-state index contributed by atoms with van der Waals surface area (Å²) in [5, 5.41) is 10.7. The molecule has 0 radical (unpaired) electrons. The fourth-order valence-electron chi connectivity index (χ4n) is 3.59. The van der Waals surface area contributed by atoms with Gasteiger partial charge in [-0.15, -0.1) is 0 Å². The Morgan fingerprint density at radius 3 is 2.59 bits per heavy atom. The third-order valence-electron chi connectivity index (χ3n) is 5.02. The number of amides is 1. The van der Waals surface area contributed by atoms with Crippen LogP contribution in [0, 0.1) is 11.3 Å². The number of carbonyl (C=O) groups is 1. The number of benzene rings is 1. The van der Waals surface area contributed by atoms with E-state index in [4.69, 9.17) is 11.6 Å². The lowest BCUT2D eigenvalue weighted by Crippen LogP contribution is -2.49. The molecule has 0 N–H and O–H groups in total. The number of carbonyl (C=O) groups excluding carboxylic acids is 1. The standard InChI is InChI=1S/C20H18ClN5O/c1-24-16-7-3-2-6-15(16)17(21)18(24)20(27)26-11-9-25(10-12-26)19-14(13-22)5-4-8-23-19/h2-8H,9-12H2,1H3. The molecule has 136 valence electrons. The molecule has 0 spiro atoms. The number of aryl methyl sites for hydroxylation is 1. The van der Waals surface area contributed by atoms with Crippen molar-refractivity contribution in [2.24, 2.45) is 7.05 Å². The summed E-state index contributed by atoms with van der Waals surface area (Å²) in [5.41, 5.74) is 2.01. The van der Waals surface area contributed by atoms with Gasteiger partial charge in [0.2, 0.25) is 0 Å². The van der Waals surface area contributed by atoms with E-state index < -0.39 is 0 Å². The van der Waals surface area contributed by atoms with Crippen LogP contribution in [0.2, 0.25) is 5.02 Å². The monoisotopic (exact) mass is 379 g/mol. The molecule has 0 unspecified atom stereocenters. The lowest BCUT2D eigenvalue weighted by atomic mass is 10.2. The zero-order valence-electron chi connectivity index (χ0n) is 14.9. The summed E-state index contributed by atoms with van der Waals surface area (Å²) in [4.78, 5) is 21.3. The van der Waals surface area contributed by atoms with Crippen LogP contribution in [0.5, 0.6) is 0 Å². The van der Waals surface area contributed by atoms with Gasteiger partial charge in [-0.2, -0.15) is 5.26 Å².